The van der Waals surface area contributed by atoms with Gasteiger partial charge in [-0.15, -0.1) is 0 Å². The van der Waals surface area contributed by atoms with E-state index in [-0.39, 0.29) is 11.3 Å². The zero-order chi connectivity index (χ0) is 14.9. The monoisotopic (exact) mass is 297 g/mol. The van der Waals surface area contributed by atoms with E-state index in [9.17, 15) is 4.79 Å². The fourth-order valence-corrected chi connectivity index (χ4v) is 1.73. The number of aromatic nitrogens is 4. The Balaban J connectivity index is 2.19. The first-order valence-corrected chi connectivity index (χ1v) is 6.50. The first kappa shape index (κ1) is 14.5. The van der Waals surface area contributed by atoms with E-state index in [1.807, 2.05) is 20.8 Å². The number of rotatable bonds is 3. The van der Waals surface area contributed by atoms with Crippen molar-refractivity contribution in [3.05, 3.63) is 11.6 Å². The summed E-state index contributed by atoms with van der Waals surface area (Å²) in [5.41, 5.74) is 0.478. The third-order valence-electron chi connectivity index (χ3n) is 2.37. The fraction of sp³-hybridized carbons (Fsp3) is 0.500. The van der Waals surface area contributed by atoms with Gasteiger partial charge in [-0.05, 0) is 39.3 Å². The maximum absolute atomic E-state index is 11.9. The van der Waals surface area contributed by atoms with E-state index >= 15 is 0 Å². The Morgan fingerprint density at radius 1 is 1.45 bits per heavy atom. The average molecular weight is 298 g/mol. The van der Waals surface area contributed by atoms with E-state index in [4.69, 9.17) is 16.3 Å². The van der Waals surface area contributed by atoms with Gasteiger partial charge in [0.15, 0.2) is 11.5 Å². The first-order valence-electron chi connectivity index (χ1n) is 6.12. The predicted octanol–water partition coefficient (Wildman–Crippen LogP) is 2.15. The molecule has 7 nitrogen and oxygen atoms in total. The van der Waals surface area contributed by atoms with E-state index in [0.29, 0.717) is 17.0 Å². The largest absolute Gasteiger partial charge is 0.458 e. The molecule has 0 spiro atoms. The molecule has 0 radical (unpaired) electrons. The van der Waals surface area contributed by atoms with Gasteiger partial charge in [0, 0.05) is 0 Å². The molecule has 2 heterocycles. The zero-order valence-electron chi connectivity index (χ0n) is 11.7. The molecule has 0 fully saturated rings. The molecule has 0 aromatic carbocycles. The summed E-state index contributed by atoms with van der Waals surface area (Å²) in [7, 11) is 0. The normalized spacial score (nSPS) is 13.2. The Kier molecular flexibility index (Phi) is 3.80. The number of hydrogen-bond donors (Lipinski definition) is 2. The van der Waals surface area contributed by atoms with Crippen LogP contribution in [-0.2, 0) is 9.53 Å². The lowest BCUT2D eigenvalue weighted by molar-refractivity contribution is -0.155. The number of esters is 1. The maximum atomic E-state index is 11.9. The number of nitrogens with zero attached hydrogens (tertiary/aromatic N) is 3. The van der Waals surface area contributed by atoms with E-state index < -0.39 is 11.6 Å². The quantitative estimate of drug-likeness (QED) is 0.666. The molecule has 0 saturated heterocycles. The molecule has 8 heteroatoms. The Morgan fingerprint density at radius 2 is 2.15 bits per heavy atom. The lowest BCUT2D eigenvalue weighted by atomic mass is 10.2. The smallest absolute Gasteiger partial charge is 0.328 e. The SMILES string of the molecule is C[C@H](Nc1nc(Cl)nc2[nH]cnc12)C(=O)OC(C)(C)C. The van der Waals surface area contributed by atoms with Crippen LogP contribution < -0.4 is 5.32 Å². The predicted molar refractivity (Wildman–Crippen MR) is 75.6 cm³/mol. The van der Waals surface area contributed by atoms with Crippen LogP contribution in [0.25, 0.3) is 11.2 Å². The number of nitrogens with one attached hydrogen (secondary N) is 2. The van der Waals surface area contributed by atoms with Crippen molar-refractivity contribution in [2.75, 3.05) is 5.32 Å². The number of carbonyl (C=O) groups is 1. The lowest BCUT2D eigenvalue weighted by Crippen LogP contribution is -2.34. The van der Waals surface area contributed by atoms with Gasteiger partial charge in [0.05, 0.1) is 6.33 Å². The van der Waals surface area contributed by atoms with Crippen molar-refractivity contribution in [2.45, 2.75) is 39.3 Å². The van der Waals surface area contributed by atoms with E-state index in [1.165, 1.54) is 6.33 Å². The third kappa shape index (κ3) is 3.36. The summed E-state index contributed by atoms with van der Waals surface area (Å²) in [5.74, 6) is 0.00975. The highest BCUT2D eigenvalue weighted by Crippen LogP contribution is 2.20. The van der Waals surface area contributed by atoms with Crippen molar-refractivity contribution in [1.29, 1.82) is 0 Å². The number of fused-ring (bicyclic) bond motifs is 1. The number of ether oxygens (including phenoxy) is 1. The second-order valence-corrected chi connectivity index (χ2v) is 5.68. The summed E-state index contributed by atoms with van der Waals surface area (Å²) in [6.45, 7) is 7.11. The molecule has 0 saturated carbocycles. The van der Waals surface area contributed by atoms with E-state index in [1.54, 1.807) is 6.92 Å². The maximum Gasteiger partial charge on any atom is 0.328 e. The van der Waals surface area contributed by atoms with Gasteiger partial charge in [-0.3, -0.25) is 0 Å². The van der Waals surface area contributed by atoms with Crippen molar-refractivity contribution in [2.24, 2.45) is 0 Å². The van der Waals surface area contributed by atoms with Gasteiger partial charge in [0.2, 0.25) is 5.28 Å². The molecule has 0 unspecified atom stereocenters. The van der Waals surface area contributed by atoms with Gasteiger partial charge in [-0.2, -0.15) is 9.97 Å². The van der Waals surface area contributed by atoms with Crippen LogP contribution in [0.1, 0.15) is 27.7 Å². The number of halogens is 1. The molecule has 2 aromatic rings. The Bertz CT molecular complexity index is 634. The molecule has 108 valence electrons. The van der Waals surface area contributed by atoms with Crippen molar-refractivity contribution in [3.63, 3.8) is 0 Å². The standard InChI is InChI=1S/C12H16ClN5O2/c1-6(10(19)20-12(2,3)4)16-9-7-8(15-5-14-7)17-11(13)18-9/h5-6H,1-4H3,(H2,14,15,16,17,18)/t6-/m0/s1. The molecule has 0 aliphatic heterocycles. The van der Waals surface area contributed by atoms with E-state index in [0.717, 1.165) is 0 Å². The van der Waals surface area contributed by atoms with Crippen LogP contribution in [0.4, 0.5) is 5.82 Å². The van der Waals surface area contributed by atoms with Crippen LogP contribution in [0.15, 0.2) is 6.33 Å². The summed E-state index contributed by atoms with van der Waals surface area (Å²) >= 11 is 5.82. The van der Waals surface area contributed by atoms with Crippen molar-refractivity contribution < 1.29 is 9.53 Å². The Labute approximate surface area is 121 Å². The summed E-state index contributed by atoms with van der Waals surface area (Å²) in [5, 5.41) is 3.01. The zero-order valence-corrected chi connectivity index (χ0v) is 12.4. The highest BCUT2D eigenvalue weighted by molar-refractivity contribution is 6.28. The van der Waals surface area contributed by atoms with Crippen LogP contribution in [0.3, 0.4) is 0 Å². The minimum atomic E-state index is -0.583. The summed E-state index contributed by atoms with van der Waals surface area (Å²) in [6.07, 6.45) is 1.49. The minimum absolute atomic E-state index is 0.0700. The first-order chi connectivity index (χ1) is 9.26. The highest BCUT2D eigenvalue weighted by atomic mass is 35.5. The number of anilines is 1. The Morgan fingerprint density at radius 3 is 2.80 bits per heavy atom. The summed E-state index contributed by atoms with van der Waals surface area (Å²) < 4.78 is 5.29. The number of imidazole rings is 1. The number of carbonyl (C=O) groups excluding carboxylic acids is 1. The Hall–Kier alpha value is -1.89. The van der Waals surface area contributed by atoms with Crippen LogP contribution in [0.5, 0.6) is 0 Å². The minimum Gasteiger partial charge on any atom is -0.458 e. The second-order valence-electron chi connectivity index (χ2n) is 5.34. The van der Waals surface area contributed by atoms with Gasteiger partial charge in [-0.1, -0.05) is 0 Å². The third-order valence-corrected chi connectivity index (χ3v) is 2.53. The molecule has 2 rings (SSSR count). The van der Waals surface area contributed by atoms with Gasteiger partial charge in [-0.25, -0.2) is 9.78 Å². The molecule has 2 N–H and O–H groups in total. The summed E-state index contributed by atoms with van der Waals surface area (Å²) in [4.78, 5) is 26.9. The van der Waals surface area contributed by atoms with Crippen molar-refractivity contribution >= 4 is 34.6 Å². The van der Waals surface area contributed by atoms with Crippen LogP contribution >= 0.6 is 11.6 Å². The molecular weight excluding hydrogens is 282 g/mol. The fourth-order valence-electron chi connectivity index (χ4n) is 1.56. The average Bonchev–Trinajstić information content (AvgIpc) is 2.74. The topological polar surface area (TPSA) is 92.8 Å². The molecule has 20 heavy (non-hydrogen) atoms. The number of hydrogen-bond acceptors (Lipinski definition) is 6. The van der Waals surface area contributed by atoms with Crippen molar-refractivity contribution in [3.8, 4) is 0 Å². The van der Waals surface area contributed by atoms with Crippen LogP contribution in [0.2, 0.25) is 5.28 Å². The van der Waals surface area contributed by atoms with Gasteiger partial charge >= 0.3 is 5.97 Å². The molecular formula is C12H16ClN5O2. The number of aromatic amines is 1. The molecule has 0 aliphatic rings. The van der Waals surface area contributed by atoms with Gasteiger partial charge in [0.1, 0.15) is 17.2 Å². The van der Waals surface area contributed by atoms with E-state index in [2.05, 4.69) is 25.3 Å². The lowest BCUT2D eigenvalue weighted by Gasteiger charge is -2.22. The van der Waals surface area contributed by atoms with Gasteiger partial charge in [0.25, 0.3) is 0 Å². The molecule has 0 bridgehead atoms. The number of H-pyrrole nitrogens is 1. The van der Waals surface area contributed by atoms with Crippen molar-refractivity contribution in [1.82, 2.24) is 19.9 Å². The molecule has 0 amide bonds. The highest BCUT2D eigenvalue weighted by Gasteiger charge is 2.23. The second kappa shape index (κ2) is 5.24. The van der Waals surface area contributed by atoms with Gasteiger partial charge < -0.3 is 15.0 Å². The molecule has 1 atom stereocenters. The molecule has 0 aliphatic carbocycles. The van der Waals surface area contributed by atoms with Crippen LogP contribution in [-0.4, -0.2) is 37.5 Å². The van der Waals surface area contributed by atoms with Crippen LogP contribution in [0, 0.1) is 0 Å². The molecule has 2 aromatic heterocycles. The summed E-state index contributed by atoms with van der Waals surface area (Å²) in [6, 6.07) is -0.583.